The molecule has 1 aromatic carbocycles. The van der Waals surface area contributed by atoms with Gasteiger partial charge < -0.3 is 9.15 Å². The van der Waals surface area contributed by atoms with Gasteiger partial charge in [-0.2, -0.15) is 4.31 Å². The molecule has 8 heteroatoms. The van der Waals surface area contributed by atoms with Crippen molar-refractivity contribution >= 4 is 16.0 Å². The molecule has 0 radical (unpaired) electrons. The predicted molar refractivity (Wildman–Crippen MR) is 105 cm³/mol. The van der Waals surface area contributed by atoms with Crippen LogP contribution in [0.3, 0.4) is 0 Å². The van der Waals surface area contributed by atoms with Gasteiger partial charge in [-0.05, 0) is 38.5 Å². The molecule has 1 aromatic heterocycles. The van der Waals surface area contributed by atoms with E-state index in [0.29, 0.717) is 54.7 Å². The van der Waals surface area contributed by atoms with Crippen LogP contribution in [0.4, 0.5) is 0 Å². The third kappa shape index (κ3) is 4.14. The van der Waals surface area contributed by atoms with E-state index in [-0.39, 0.29) is 0 Å². The molecule has 0 spiro atoms. The Bertz CT molecular complexity index is 972. The van der Waals surface area contributed by atoms with E-state index in [9.17, 15) is 13.2 Å². The molecule has 0 unspecified atom stereocenters. The van der Waals surface area contributed by atoms with E-state index in [1.165, 1.54) is 11.4 Å². The van der Waals surface area contributed by atoms with Crippen LogP contribution in [0.25, 0.3) is 0 Å². The van der Waals surface area contributed by atoms with Gasteiger partial charge in [0.05, 0.1) is 18.6 Å². The number of benzene rings is 1. The lowest BCUT2D eigenvalue weighted by atomic mass is 10.2. The number of esters is 1. The fraction of sp³-hybridized carbons (Fsp3) is 0.450. The van der Waals surface area contributed by atoms with Crippen LogP contribution >= 0.6 is 0 Å². The fourth-order valence-corrected chi connectivity index (χ4v) is 5.14. The number of carbonyl (C=O) groups is 1. The lowest BCUT2D eigenvalue weighted by molar-refractivity contribution is 0.0599. The van der Waals surface area contributed by atoms with Gasteiger partial charge in [0.2, 0.25) is 10.0 Å². The van der Waals surface area contributed by atoms with E-state index < -0.39 is 16.0 Å². The average Bonchev–Trinajstić information content (AvgIpc) is 3.01. The molecule has 1 fully saturated rings. The second-order valence-corrected chi connectivity index (χ2v) is 9.03. The van der Waals surface area contributed by atoms with Gasteiger partial charge >= 0.3 is 5.97 Å². The molecule has 1 aliphatic heterocycles. The summed E-state index contributed by atoms with van der Waals surface area (Å²) in [6.45, 7) is 8.05. The van der Waals surface area contributed by atoms with Crippen molar-refractivity contribution in [3.63, 3.8) is 0 Å². The summed E-state index contributed by atoms with van der Waals surface area (Å²) < 4.78 is 37.9. The number of rotatable bonds is 5. The molecule has 1 saturated heterocycles. The standard InChI is InChI=1S/C20H26N2O5S/c1-14-5-6-19(15(2)11-14)28(24,25)22-9-7-21(8-10-22)13-17-12-18(16(3)27-17)20(23)26-4/h5-6,11-12H,7-10,13H2,1-4H3. The molecule has 7 nitrogen and oxygen atoms in total. The van der Waals surface area contributed by atoms with E-state index in [1.807, 2.05) is 26.0 Å². The van der Waals surface area contributed by atoms with Crippen LogP contribution in [0.5, 0.6) is 0 Å². The highest BCUT2D eigenvalue weighted by Gasteiger charge is 2.30. The number of piperazine rings is 1. The van der Waals surface area contributed by atoms with Crippen molar-refractivity contribution in [1.29, 1.82) is 0 Å². The molecule has 0 aliphatic carbocycles. The predicted octanol–water partition coefficient (Wildman–Crippen LogP) is 2.50. The molecular weight excluding hydrogens is 380 g/mol. The van der Waals surface area contributed by atoms with Crippen LogP contribution in [0.15, 0.2) is 33.6 Å². The Hall–Kier alpha value is -2.16. The van der Waals surface area contributed by atoms with Crippen molar-refractivity contribution in [2.75, 3.05) is 33.3 Å². The minimum Gasteiger partial charge on any atom is -0.465 e. The first-order chi connectivity index (χ1) is 13.2. The molecule has 0 bridgehead atoms. The van der Waals surface area contributed by atoms with Crippen LogP contribution in [-0.2, 0) is 21.3 Å². The summed E-state index contributed by atoms with van der Waals surface area (Å²) >= 11 is 0. The lowest BCUT2D eigenvalue weighted by Crippen LogP contribution is -2.48. The highest BCUT2D eigenvalue weighted by atomic mass is 32.2. The van der Waals surface area contributed by atoms with E-state index in [2.05, 4.69) is 4.90 Å². The number of furan rings is 1. The third-order valence-corrected chi connectivity index (χ3v) is 7.09. The maximum atomic E-state index is 13.0. The van der Waals surface area contributed by atoms with Crippen molar-refractivity contribution in [3.05, 3.63) is 52.5 Å². The summed E-state index contributed by atoms with van der Waals surface area (Å²) in [6.07, 6.45) is 0. The zero-order valence-electron chi connectivity index (χ0n) is 16.7. The molecule has 0 saturated carbocycles. The van der Waals surface area contributed by atoms with E-state index in [4.69, 9.17) is 9.15 Å². The largest absolute Gasteiger partial charge is 0.465 e. The van der Waals surface area contributed by atoms with Gasteiger partial charge in [0.1, 0.15) is 17.1 Å². The van der Waals surface area contributed by atoms with Crippen molar-refractivity contribution in [1.82, 2.24) is 9.21 Å². The van der Waals surface area contributed by atoms with Gasteiger partial charge in [0.15, 0.2) is 0 Å². The fourth-order valence-electron chi connectivity index (χ4n) is 3.51. The van der Waals surface area contributed by atoms with Crippen molar-refractivity contribution in [2.24, 2.45) is 0 Å². The molecule has 0 atom stereocenters. The van der Waals surface area contributed by atoms with Gasteiger partial charge in [-0.3, -0.25) is 4.90 Å². The smallest absolute Gasteiger partial charge is 0.341 e. The zero-order chi connectivity index (χ0) is 20.5. The average molecular weight is 407 g/mol. The van der Waals surface area contributed by atoms with Gasteiger partial charge in [-0.25, -0.2) is 13.2 Å². The zero-order valence-corrected chi connectivity index (χ0v) is 17.5. The third-order valence-electron chi connectivity index (χ3n) is 5.03. The number of carbonyl (C=O) groups excluding carboxylic acids is 1. The highest BCUT2D eigenvalue weighted by molar-refractivity contribution is 7.89. The Balaban J connectivity index is 1.65. The number of hydrogen-bond donors (Lipinski definition) is 0. The summed E-state index contributed by atoms with van der Waals surface area (Å²) in [6, 6.07) is 7.10. The first kappa shape index (κ1) is 20.6. The van der Waals surface area contributed by atoms with E-state index >= 15 is 0 Å². The summed E-state index contributed by atoms with van der Waals surface area (Å²) in [4.78, 5) is 14.2. The normalized spacial score (nSPS) is 16.3. The molecule has 2 heterocycles. The first-order valence-corrected chi connectivity index (χ1v) is 10.6. The Labute approximate surface area is 165 Å². The molecule has 28 heavy (non-hydrogen) atoms. The van der Waals surface area contributed by atoms with E-state index in [0.717, 1.165) is 11.1 Å². The summed E-state index contributed by atoms with van der Waals surface area (Å²) in [5.74, 6) is 0.776. The Kier molecular flexibility index (Phi) is 5.92. The van der Waals surface area contributed by atoms with Gasteiger partial charge in [-0.1, -0.05) is 17.7 Å². The van der Waals surface area contributed by atoms with Gasteiger partial charge in [0, 0.05) is 26.2 Å². The Morgan fingerprint density at radius 3 is 2.39 bits per heavy atom. The lowest BCUT2D eigenvalue weighted by Gasteiger charge is -2.33. The van der Waals surface area contributed by atoms with Gasteiger partial charge in [0.25, 0.3) is 0 Å². The molecule has 0 amide bonds. The molecule has 0 N–H and O–H groups in total. The highest BCUT2D eigenvalue weighted by Crippen LogP contribution is 2.23. The topological polar surface area (TPSA) is 80.1 Å². The van der Waals surface area contributed by atoms with Crippen LogP contribution < -0.4 is 0 Å². The molecule has 2 aromatic rings. The molecular formula is C20H26N2O5S. The molecule has 152 valence electrons. The summed E-state index contributed by atoms with van der Waals surface area (Å²) in [5.41, 5.74) is 2.23. The number of hydrogen-bond acceptors (Lipinski definition) is 6. The van der Waals surface area contributed by atoms with Crippen LogP contribution in [0.2, 0.25) is 0 Å². The summed E-state index contributed by atoms with van der Waals surface area (Å²) in [5, 5.41) is 0. The number of sulfonamides is 1. The van der Waals surface area contributed by atoms with Crippen molar-refractivity contribution in [3.8, 4) is 0 Å². The minimum absolute atomic E-state index is 0.371. The SMILES string of the molecule is COC(=O)c1cc(CN2CCN(S(=O)(=O)c3ccc(C)cc3C)CC2)oc1C. The molecule has 3 rings (SSSR count). The quantitative estimate of drug-likeness (QED) is 0.710. The number of methoxy groups -OCH3 is 1. The Morgan fingerprint density at radius 1 is 1.11 bits per heavy atom. The van der Waals surface area contributed by atoms with Crippen molar-refractivity contribution in [2.45, 2.75) is 32.2 Å². The van der Waals surface area contributed by atoms with Crippen LogP contribution in [0.1, 0.15) is 33.0 Å². The maximum Gasteiger partial charge on any atom is 0.341 e. The number of aryl methyl sites for hydroxylation is 3. The number of nitrogens with zero attached hydrogens (tertiary/aromatic N) is 2. The summed E-state index contributed by atoms with van der Waals surface area (Å²) in [7, 11) is -2.16. The Morgan fingerprint density at radius 2 is 1.79 bits per heavy atom. The van der Waals surface area contributed by atoms with E-state index in [1.54, 1.807) is 19.1 Å². The van der Waals surface area contributed by atoms with Crippen LogP contribution in [-0.4, -0.2) is 56.9 Å². The second kappa shape index (κ2) is 8.06. The van der Waals surface area contributed by atoms with Crippen LogP contribution in [0, 0.1) is 20.8 Å². The maximum absolute atomic E-state index is 13.0. The monoisotopic (exact) mass is 406 g/mol. The second-order valence-electron chi connectivity index (χ2n) is 7.12. The van der Waals surface area contributed by atoms with Crippen molar-refractivity contribution < 1.29 is 22.4 Å². The molecule has 1 aliphatic rings. The van der Waals surface area contributed by atoms with Gasteiger partial charge in [-0.15, -0.1) is 0 Å². The number of ether oxygens (including phenoxy) is 1. The first-order valence-electron chi connectivity index (χ1n) is 9.19. The minimum atomic E-state index is -3.50.